The Morgan fingerprint density at radius 2 is 1.60 bits per heavy atom. The summed E-state index contributed by atoms with van der Waals surface area (Å²) in [7, 11) is 0. The first kappa shape index (κ1) is 21.9. The lowest BCUT2D eigenvalue weighted by Gasteiger charge is -2.13. The fourth-order valence-corrected chi connectivity index (χ4v) is 4.00. The maximum Gasteiger partial charge on any atom is 0.234 e. The van der Waals surface area contributed by atoms with Gasteiger partial charge in [0.15, 0.2) is 5.11 Å². The van der Waals surface area contributed by atoms with Crippen LogP contribution in [0.25, 0.3) is 0 Å². The summed E-state index contributed by atoms with van der Waals surface area (Å²) in [4.78, 5) is 13.5. The van der Waals surface area contributed by atoms with Crippen LogP contribution in [0.1, 0.15) is 18.1 Å². The van der Waals surface area contributed by atoms with Gasteiger partial charge in [-0.05, 0) is 67.0 Å². The van der Waals surface area contributed by atoms with Crippen LogP contribution in [0.3, 0.4) is 0 Å². The quantitative estimate of drug-likeness (QED) is 0.309. The molecule has 4 nitrogen and oxygen atoms in total. The Kier molecular flexibility index (Phi) is 7.88. The van der Waals surface area contributed by atoms with Gasteiger partial charge in [0.05, 0.1) is 5.75 Å². The van der Waals surface area contributed by atoms with Crippen molar-refractivity contribution >= 4 is 52.1 Å². The number of benzene rings is 3. The number of anilines is 3. The predicted octanol–water partition coefficient (Wildman–Crippen LogP) is 6.10. The summed E-state index contributed by atoms with van der Waals surface area (Å²) in [5.74, 6) is 0.330. The highest BCUT2D eigenvalue weighted by Gasteiger charge is 2.09. The summed E-state index contributed by atoms with van der Waals surface area (Å²) in [6.07, 6.45) is 0.884. The van der Waals surface area contributed by atoms with Crippen molar-refractivity contribution in [1.82, 2.24) is 0 Å². The lowest BCUT2D eigenvalue weighted by atomic mass is 10.1. The van der Waals surface area contributed by atoms with Crippen molar-refractivity contribution in [2.75, 3.05) is 21.7 Å². The van der Waals surface area contributed by atoms with Gasteiger partial charge in [0, 0.05) is 22.0 Å². The van der Waals surface area contributed by atoms with E-state index in [4.69, 9.17) is 12.2 Å². The maximum absolute atomic E-state index is 12.5. The van der Waals surface area contributed by atoms with E-state index in [-0.39, 0.29) is 5.91 Å². The topological polar surface area (TPSA) is 53.2 Å². The molecule has 3 rings (SSSR count). The van der Waals surface area contributed by atoms with Crippen LogP contribution in [0.15, 0.2) is 77.7 Å². The molecule has 0 aliphatic heterocycles. The standard InChI is InChI=1S/C24H25N3OS2/c1-3-18-10-7-9-17(2)23(18)27-22(28)16-30-21-14-8-13-20(15-21)26-24(29)25-19-11-5-4-6-12-19/h4-15H,3,16H2,1-2H3,(H,27,28)(H2,25,26,29). The van der Waals surface area contributed by atoms with E-state index in [9.17, 15) is 4.79 Å². The van der Waals surface area contributed by atoms with E-state index in [2.05, 4.69) is 28.9 Å². The van der Waals surface area contributed by atoms with Gasteiger partial charge in [0.1, 0.15) is 0 Å². The van der Waals surface area contributed by atoms with Gasteiger partial charge in [-0.1, -0.05) is 49.4 Å². The molecule has 0 saturated heterocycles. The lowest BCUT2D eigenvalue weighted by Crippen LogP contribution is -2.19. The number of thioether (sulfide) groups is 1. The van der Waals surface area contributed by atoms with Crippen LogP contribution in [0.5, 0.6) is 0 Å². The molecule has 30 heavy (non-hydrogen) atoms. The number of nitrogens with one attached hydrogen (secondary N) is 3. The van der Waals surface area contributed by atoms with E-state index in [1.165, 1.54) is 11.8 Å². The smallest absolute Gasteiger partial charge is 0.234 e. The van der Waals surface area contributed by atoms with Crippen LogP contribution >= 0.6 is 24.0 Å². The fraction of sp³-hybridized carbons (Fsp3) is 0.167. The van der Waals surface area contributed by atoms with E-state index in [1.54, 1.807) is 0 Å². The molecule has 0 aliphatic carbocycles. The molecule has 1 amide bonds. The number of aryl methyl sites for hydroxylation is 2. The minimum Gasteiger partial charge on any atom is -0.332 e. The van der Waals surface area contributed by atoms with Gasteiger partial charge in [0.2, 0.25) is 5.91 Å². The van der Waals surface area contributed by atoms with E-state index in [1.807, 2.05) is 73.7 Å². The average Bonchev–Trinajstić information content (AvgIpc) is 2.74. The Labute approximate surface area is 187 Å². The number of hydrogen-bond donors (Lipinski definition) is 3. The second kappa shape index (κ2) is 10.8. The SMILES string of the molecule is CCc1cccc(C)c1NC(=O)CSc1cccc(NC(=S)Nc2ccccc2)c1. The molecule has 0 spiro atoms. The van der Waals surface area contributed by atoms with Crippen LogP contribution in [-0.2, 0) is 11.2 Å². The highest BCUT2D eigenvalue weighted by atomic mass is 32.2. The van der Waals surface area contributed by atoms with Crippen molar-refractivity contribution in [2.45, 2.75) is 25.2 Å². The van der Waals surface area contributed by atoms with Gasteiger partial charge in [-0.2, -0.15) is 0 Å². The van der Waals surface area contributed by atoms with Gasteiger partial charge < -0.3 is 16.0 Å². The van der Waals surface area contributed by atoms with Crippen molar-refractivity contribution in [2.24, 2.45) is 0 Å². The van der Waals surface area contributed by atoms with E-state index in [0.717, 1.165) is 39.5 Å². The van der Waals surface area contributed by atoms with Gasteiger partial charge >= 0.3 is 0 Å². The summed E-state index contributed by atoms with van der Waals surface area (Å²) in [5.41, 5.74) is 4.97. The lowest BCUT2D eigenvalue weighted by molar-refractivity contribution is -0.113. The molecule has 154 valence electrons. The Morgan fingerprint density at radius 3 is 2.37 bits per heavy atom. The molecule has 0 atom stereocenters. The molecule has 3 aromatic carbocycles. The van der Waals surface area contributed by atoms with Crippen molar-refractivity contribution in [3.8, 4) is 0 Å². The van der Waals surface area contributed by atoms with Crippen molar-refractivity contribution in [3.05, 3.63) is 83.9 Å². The normalized spacial score (nSPS) is 10.3. The molecule has 0 heterocycles. The zero-order valence-electron chi connectivity index (χ0n) is 17.1. The third-order valence-electron chi connectivity index (χ3n) is 4.50. The molecule has 0 fully saturated rings. The monoisotopic (exact) mass is 435 g/mol. The van der Waals surface area contributed by atoms with Crippen molar-refractivity contribution in [1.29, 1.82) is 0 Å². The van der Waals surface area contributed by atoms with E-state index < -0.39 is 0 Å². The summed E-state index contributed by atoms with van der Waals surface area (Å²) in [5, 5.41) is 9.93. The Balaban J connectivity index is 1.55. The van der Waals surface area contributed by atoms with Gasteiger partial charge in [-0.25, -0.2) is 0 Å². The number of rotatable bonds is 7. The zero-order valence-corrected chi connectivity index (χ0v) is 18.7. The van der Waals surface area contributed by atoms with E-state index in [0.29, 0.717) is 10.9 Å². The highest BCUT2D eigenvalue weighted by Crippen LogP contribution is 2.24. The molecule has 0 saturated carbocycles. The first-order valence-electron chi connectivity index (χ1n) is 9.79. The highest BCUT2D eigenvalue weighted by molar-refractivity contribution is 8.00. The third kappa shape index (κ3) is 6.34. The summed E-state index contributed by atoms with van der Waals surface area (Å²) >= 11 is 6.88. The minimum atomic E-state index is -0.0105. The maximum atomic E-state index is 12.5. The van der Waals surface area contributed by atoms with E-state index >= 15 is 0 Å². The van der Waals surface area contributed by atoms with Crippen LogP contribution in [0.4, 0.5) is 17.1 Å². The average molecular weight is 436 g/mol. The largest absolute Gasteiger partial charge is 0.332 e. The number of para-hydroxylation sites is 2. The summed E-state index contributed by atoms with van der Waals surface area (Å²) in [6, 6.07) is 23.7. The minimum absolute atomic E-state index is 0.0105. The fourth-order valence-electron chi connectivity index (χ4n) is 3.00. The molecule has 3 aromatic rings. The summed E-state index contributed by atoms with van der Waals surface area (Å²) in [6.45, 7) is 4.11. The Morgan fingerprint density at radius 1 is 0.900 bits per heavy atom. The van der Waals surface area contributed by atoms with Crippen molar-refractivity contribution in [3.63, 3.8) is 0 Å². The molecule has 0 aliphatic rings. The number of carbonyl (C=O) groups excluding carboxylic acids is 1. The number of hydrogen-bond acceptors (Lipinski definition) is 3. The molecular formula is C24H25N3OS2. The second-order valence-corrected chi connectivity index (χ2v) is 8.23. The second-order valence-electron chi connectivity index (χ2n) is 6.77. The van der Waals surface area contributed by atoms with Crippen molar-refractivity contribution < 1.29 is 4.79 Å². The third-order valence-corrected chi connectivity index (χ3v) is 5.70. The number of amides is 1. The Bertz CT molecular complexity index is 1020. The number of carbonyl (C=O) groups is 1. The molecule has 0 radical (unpaired) electrons. The molecule has 0 bridgehead atoms. The molecule has 0 aromatic heterocycles. The van der Waals surface area contributed by atoms with Crippen LogP contribution in [-0.4, -0.2) is 16.8 Å². The van der Waals surface area contributed by atoms with Crippen LogP contribution < -0.4 is 16.0 Å². The summed E-state index contributed by atoms with van der Waals surface area (Å²) < 4.78 is 0. The van der Waals surface area contributed by atoms with Crippen LogP contribution in [0, 0.1) is 6.92 Å². The van der Waals surface area contributed by atoms with Gasteiger partial charge in [0.25, 0.3) is 0 Å². The first-order chi connectivity index (χ1) is 14.5. The first-order valence-corrected chi connectivity index (χ1v) is 11.2. The molecule has 6 heteroatoms. The molecular weight excluding hydrogens is 410 g/mol. The zero-order chi connectivity index (χ0) is 21.3. The van der Waals surface area contributed by atoms with Gasteiger partial charge in [-0.3, -0.25) is 4.79 Å². The Hall–Kier alpha value is -2.83. The van der Waals surface area contributed by atoms with Crippen LogP contribution in [0.2, 0.25) is 0 Å². The molecule has 0 unspecified atom stereocenters. The predicted molar refractivity (Wildman–Crippen MR) is 133 cm³/mol. The number of thiocarbonyl (C=S) groups is 1. The van der Waals surface area contributed by atoms with Gasteiger partial charge in [-0.15, -0.1) is 11.8 Å². The molecule has 3 N–H and O–H groups in total.